The van der Waals surface area contributed by atoms with Crippen LogP contribution in [0.2, 0.25) is 0 Å². The first-order valence-corrected chi connectivity index (χ1v) is 4.40. The van der Waals surface area contributed by atoms with Gasteiger partial charge < -0.3 is 10.1 Å². The van der Waals surface area contributed by atoms with E-state index in [1.165, 1.54) is 0 Å². The molecule has 68 valence electrons. The largest absolute Gasteiger partial charge is 0.380 e. The average Bonchev–Trinajstić information content (AvgIpc) is 2.26. The van der Waals surface area contributed by atoms with Crippen LogP contribution >= 0.6 is 0 Å². The van der Waals surface area contributed by atoms with Gasteiger partial charge in [0.25, 0.3) is 0 Å². The first kappa shape index (κ1) is 8.20. The van der Waals surface area contributed by atoms with Gasteiger partial charge in [-0.05, 0) is 6.92 Å². The fraction of sp³-hybridized carbons (Fsp3) is 0.889. The SMILES string of the molecule is CC(=O)[C@]1(C)CNCC12COC2. The molecule has 2 aliphatic rings. The number of hydrogen-bond donors (Lipinski definition) is 1. The van der Waals surface area contributed by atoms with Gasteiger partial charge in [0, 0.05) is 23.9 Å². The number of Topliss-reactive ketones (excluding diaryl/α,β-unsaturated/α-hetero) is 1. The molecule has 1 N–H and O–H groups in total. The van der Waals surface area contributed by atoms with Crippen molar-refractivity contribution >= 4 is 5.78 Å². The van der Waals surface area contributed by atoms with Crippen molar-refractivity contribution < 1.29 is 9.53 Å². The summed E-state index contributed by atoms with van der Waals surface area (Å²) in [6.45, 7) is 6.98. The van der Waals surface area contributed by atoms with Crippen molar-refractivity contribution in [3.05, 3.63) is 0 Å². The van der Waals surface area contributed by atoms with Gasteiger partial charge in [0.2, 0.25) is 0 Å². The smallest absolute Gasteiger partial charge is 0.137 e. The van der Waals surface area contributed by atoms with Gasteiger partial charge in [-0.1, -0.05) is 6.92 Å². The van der Waals surface area contributed by atoms with E-state index in [0.717, 1.165) is 26.3 Å². The van der Waals surface area contributed by atoms with Crippen molar-refractivity contribution in [2.75, 3.05) is 26.3 Å². The molecule has 0 saturated carbocycles. The molecule has 0 aromatic heterocycles. The molecule has 0 radical (unpaired) electrons. The maximum atomic E-state index is 11.5. The van der Waals surface area contributed by atoms with Gasteiger partial charge >= 0.3 is 0 Å². The quantitative estimate of drug-likeness (QED) is 0.609. The molecule has 0 amide bonds. The number of hydrogen-bond acceptors (Lipinski definition) is 3. The van der Waals surface area contributed by atoms with Crippen LogP contribution in [0.15, 0.2) is 0 Å². The lowest BCUT2D eigenvalue weighted by Crippen LogP contribution is -2.56. The summed E-state index contributed by atoms with van der Waals surface area (Å²) in [5.74, 6) is 0.288. The van der Waals surface area contributed by atoms with Crippen LogP contribution in [0.5, 0.6) is 0 Å². The Bertz CT molecular complexity index is 223. The maximum Gasteiger partial charge on any atom is 0.137 e. The highest BCUT2D eigenvalue weighted by Crippen LogP contribution is 2.48. The Kier molecular flexibility index (Phi) is 1.57. The third-order valence-electron chi connectivity index (χ3n) is 3.65. The molecule has 1 atom stereocenters. The minimum atomic E-state index is -0.189. The Balaban J connectivity index is 2.29. The number of ketones is 1. The summed E-state index contributed by atoms with van der Waals surface area (Å²) in [5.41, 5.74) is -0.0793. The topological polar surface area (TPSA) is 38.3 Å². The van der Waals surface area contributed by atoms with Gasteiger partial charge in [-0.25, -0.2) is 0 Å². The van der Waals surface area contributed by atoms with E-state index in [2.05, 4.69) is 12.2 Å². The van der Waals surface area contributed by atoms with Crippen LogP contribution in [-0.2, 0) is 9.53 Å². The van der Waals surface area contributed by atoms with Gasteiger partial charge in [0.1, 0.15) is 5.78 Å². The molecule has 1 spiro atoms. The van der Waals surface area contributed by atoms with Crippen molar-refractivity contribution in [2.24, 2.45) is 10.8 Å². The predicted octanol–water partition coefficient (Wildman–Crippen LogP) is 0.201. The molecule has 2 fully saturated rings. The predicted molar refractivity (Wildman–Crippen MR) is 44.9 cm³/mol. The van der Waals surface area contributed by atoms with Crippen molar-refractivity contribution in [1.29, 1.82) is 0 Å². The van der Waals surface area contributed by atoms with Crippen LogP contribution in [0.4, 0.5) is 0 Å². The number of carbonyl (C=O) groups excluding carboxylic acids is 1. The molecule has 0 aromatic rings. The van der Waals surface area contributed by atoms with Gasteiger partial charge in [-0.2, -0.15) is 0 Å². The monoisotopic (exact) mass is 169 g/mol. The number of nitrogens with one attached hydrogen (secondary N) is 1. The zero-order chi connectivity index (χ0) is 8.82. The Morgan fingerprint density at radius 1 is 1.42 bits per heavy atom. The molecule has 0 bridgehead atoms. The summed E-state index contributed by atoms with van der Waals surface area (Å²) in [6.07, 6.45) is 0. The standard InChI is InChI=1S/C9H15NO2/c1-7(11)8(2)3-10-4-9(8)5-12-6-9/h10H,3-6H2,1-2H3/t8-/m0/s1. The van der Waals surface area contributed by atoms with E-state index in [9.17, 15) is 4.79 Å². The zero-order valence-electron chi connectivity index (χ0n) is 7.64. The van der Waals surface area contributed by atoms with E-state index >= 15 is 0 Å². The van der Waals surface area contributed by atoms with Crippen molar-refractivity contribution in [3.63, 3.8) is 0 Å². The summed E-state index contributed by atoms with van der Waals surface area (Å²) in [4.78, 5) is 11.5. The lowest BCUT2D eigenvalue weighted by molar-refractivity contribution is -0.168. The van der Waals surface area contributed by atoms with E-state index < -0.39 is 0 Å². The molecule has 2 heterocycles. The van der Waals surface area contributed by atoms with Gasteiger partial charge in [-0.15, -0.1) is 0 Å². The Hall–Kier alpha value is -0.410. The molecule has 2 saturated heterocycles. The second-order valence-electron chi connectivity index (χ2n) is 4.26. The van der Waals surface area contributed by atoms with Crippen LogP contribution < -0.4 is 5.32 Å². The van der Waals surface area contributed by atoms with Crippen molar-refractivity contribution in [3.8, 4) is 0 Å². The second-order valence-corrected chi connectivity index (χ2v) is 4.26. The van der Waals surface area contributed by atoms with E-state index in [4.69, 9.17) is 4.74 Å². The minimum Gasteiger partial charge on any atom is -0.380 e. The molecule has 0 unspecified atom stereocenters. The Labute approximate surface area is 72.5 Å². The normalized spacial score (nSPS) is 38.2. The first-order valence-electron chi connectivity index (χ1n) is 4.40. The van der Waals surface area contributed by atoms with Crippen LogP contribution in [0.1, 0.15) is 13.8 Å². The number of ether oxygens (including phenoxy) is 1. The summed E-state index contributed by atoms with van der Waals surface area (Å²) in [6, 6.07) is 0. The molecule has 3 nitrogen and oxygen atoms in total. The third-order valence-corrected chi connectivity index (χ3v) is 3.65. The summed E-state index contributed by atoms with van der Waals surface area (Å²) < 4.78 is 5.21. The molecular formula is C9H15NO2. The Morgan fingerprint density at radius 2 is 2.08 bits per heavy atom. The molecule has 0 aromatic carbocycles. The van der Waals surface area contributed by atoms with Gasteiger partial charge in [0.05, 0.1) is 13.2 Å². The highest BCUT2D eigenvalue weighted by molar-refractivity contribution is 5.84. The van der Waals surface area contributed by atoms with Gasteiger partial charge in [0.15, 0.2) is 0 Å². The van der Waals surface area contributed by atoms with Crippen molar-refractivity contribution in [2.45, 2.75) is 13.8 Å². The maximum absolute atomic E-state index is 11.5. The molecular weight excluding hydrogens is 154 g/mol. The fourth-order valence-electron chi connectivity index (χ4n) is 2.20. The number of carbonyl (C=O) groups is 1. The minimum absolute atomic E-state index is 0.110. The molecule has 12 heavy (non-hydrogen) atoms. The lowest BCUT2D eigenvalue weighted by Gasteiger charge is -2.47. The highest BCUT2D eigenvalue weighted by Gasteiger charge is 2.58. The summed E-state index contributed by atoms with van der Waals surface area (Å²) in [5, 5.41) is 3.29. The number of rotatable bonds is 1. The third kappa shape index (κ3) is 0.756. The molecule has 3 heteroatoms. The highest BCUT2D eigenvalue weighted by atomic mass is 16.5. The van der Waals surface area contributed by atoms with Crippen molar-refractivity contribution in [1.82, 2.24) is 5.32 Å². The van der Waals surface area contributed by atoms with Gasteiger partial charge in [-0.3, -0.25) is 4.79 Å². The fourth-order valence-corrected chi connectivity index (χ4v) is 2.20. The summed E-state index contributed by atoms with van der Waals surface area (Å²) in [7, 11) is 0. The molecule has 2 aliphatic heterocycles. The van der Waals surface area contributed by atoms with Crippen LogP contribution in [0.3, 0.4) is 0 Å². The molecule has 2 rings (SSSR count). The second kappa shape index (κ2) is 2.30. The Morgan fingerprint density at radius 3 is 2.42 bits per heavy atom. The zero-order valence-corrected chi connectivity index (χ0v) is 7.64. The average molecular weight is 169 g/mol. The van der Waals surface area contributed by atoms with Crippen LogP contribution in [-0.4, -0.2) is 32.1 Å². The van der Waals surface area contributed by atoms with E-state index in [-0.39, 0.29) is 16.6 Å². The molecule has 0 aliphatic carbocycles. The van der Waals surface area contributed by atoms with E-state index in [1.807, 2.05) is 0 Å². The summed E-state index contributed by atoms with van der Waals surface area (Å²) >= 11 is 0. The first-order chi connectivity index (χ1) is 5.61. The van der Waals surface area contributed by atoms with Crippen LogP contribution in [0, 0.1) is 10.8 Å². The van der Waals surface area contributed by atoms with Crippen LogP contribution in [0.25, 0.3) is 0 Å². The van der Waals surface area contributed by atoms with E-state index in [1.54, 1.807) is 6.92 Å². The lowest BCUT2D eigenvalue weighted by atomic mass is 9.63. The van der Waals surface area contributed by atoms with E-state index in [0.29, 0.717) is 0 Å².